The second kappa shape index (κ2) is 7.88. The number of aromatic nitrogens is 1. The zero-order valence-corrected chi connectivity index (χ0v) is 19.2. The molecule has 5 rings (SSSR count). The van der Waals surface area contributed by atoms with Gasteiger partial charge in [-0.2, -0.15) is 0 Å². The SMILES string of the molecule is Cc1ccc(-c2cc(-c3c(N4CCOCC4)sc4c3CC(C)(C)CC4=O)ccn2)cc1. The number of morpholine rings is 1. The molecule has 1 aliphatic heterocycles. The predicted molar refractivity (Wildman–Crippen MR) is 127 cm³/mol. The Morgan fingerprint density at radius 2 is 1.77 bits per heavy atom. The topological polar surface area (TPSA) is 42.4 Å². The van der Waals surface area contributed by atoms with Gasteiger partial charge in [-0.3, -0.25) is 9.78 Å². The number of carbonyl (C=O) groups is 1. The summed E-state index contributed by atoms with van der Waals surface area (Å²) in [5, 5.41) is 1.21. The standard InChI is InChI=1S/C26H28N2O2S/c1-17-4-6-18(7-5-17)21-14-19(8-9-27-21)23-20-15-26(2,3)16-22(29)24(20)31-25(23)28-10-12-30-13-11-28/h4-9,14H,10-13,15-16H2,1-3H3. The van der Waals surface area contributed by atoms with Crippen molar-refractivity contribution in [3.63, 3.8) is 0 Å². The van der Waals surface area contributed by atoms with Gasteiger partial charge in [-0.25, -0.2) is 0 Å². The zero-order chi connectivity index (χ0) is 21.6. The Morgan fingerprint density at radius 3 is 2.52 bits per heavy atom. The summed E-state index contributed by atoms with van der Waals surface area (Å²) in [5.74, 6) is 0.282. The van der Waals surface area contributed by atoms with Crippen LogP contribution in [0.2, 0.25) is 0 Å². The minimum atomic E-state index is -0.0188. The lowest BCUT2D eigenvalue weighted by Crippen LogP contribution is -2.36. The molecule has 3 aromatic rings. The third kappa shape index (κ3) is 3.92. The summed E-state index contributed by atoms with van der Waals surface area (Å²) in [5.41, 5.74) is 6.88. The molecule has 0 bridgehead atoms. The van der Waals surface area contributed by atoms with Crippen molar-refractivity contribution in [2.75, 3.05) is 31.2 Å². The van der Waals surface area contributed by atoms with Crippen molar-refractivity contribution < 1.29 is 9.53 Å². The van der Waals surface area contributed by atoms with Crippen LogP contribution in [-0.4, -0.2) is 37.1 Å². The molecule has 0 saturated carbocycles. The second-order valence-corrected chi connectivity index (χ2v) is 10.4. The molecule has 0 unspecified atom stereocenters. The summed E-state index contributed by atoms with van der Waals surface area (Å²) in [7, 11) is 0. The largest absolute Gasteiger partial charge is 0.378 e. The number of rotatable bonds is 3. The van der Waals surface area contributed by atoms with Crippen molar-refractivity contribution in [1.82, 2.24) is 4.98 Å². The number of hydrogen-bond donors (Lipinski definition) is 0. The molecule has 1 aliphatic carbocycles. The molecule has 0 amide bonds. The molecule has 2 aromatic heterocycles. The number of ether oxygens (including phenoxy) is 1. The van der Waals surface area contributed by atoms with Gasteiger partial charge in [0.2, 0.25) is 0 Å². The average Bonchev–Trinajstić information content (AvgIpc) is 3.13. The first kappa shape index (κ1) is 20.4. The van der Waals surface area contributed by atoms with E-state index in [-0.39, 0.29) is 11.2 Å². The molecule has 3 heterocycles. The number of carbonyl (C=O) groups excluding carboxylic acids is 1. The minimum absolute atomic E-state index is 0.0188. The number of benzene rings is 1. The fourth-order valence-electron chi connectivity index (χ4n) is 4.66. The number of hydrogen-bond acceptors (Lipinski definition) is 5. The molecule has 1 aromatic carbocycles. The molecule has 160 valence electrons. The number of anilines is 1. The molecule has 5 heteroatoms. The molecule has 0 spiro atoms. The van der Waals surface area contributed by atoms with Crippen LogP contribution in [0.15, 0.2) is 42.6 Å². The van der Waals surface area contributed by atoms with Crippen LogP contribution in [0.1, 0.15) is 41.1 Å². The van der Waals surface area contributed by atoms with Crippen LogP contribution >= 0.6 is 11.3 Å². The van der Waals surface area contributed by atoms with Gasteiger partial charge in [0.1, 0.15) is 0 Å². The Morgan fingerprint density at radius 1 is 1.03 bits per heavy atom. The Labute approximate surface area is 187 Å². The van der Waals surface area contributed by atoms with Crippen molar-refractivity contribution >= 4 is 22.1 Å². The van der Waals surface area contributed by atoms with Gasteiger partial charge in [-0.1, -0.05) is 43.7 Å². The van der Waals surface area contributed by atoms with Gasteiger partial charge in [-0.05, 0) is 42.0 Å². The van der Waals surface area contributed by atoms with E-state index in [9.17, 15) is 4.79 Å². The van der Waals surface area contributed by atoms with Crippen molar-refractivity contribution in [2.45, 2.75) is 33.6 Å². The zero-order valence-electron chi connectivity index (χ0n) is 18.4. The summed E-state index contributed by atoms with van der Waals surface area (Å²) in [6.45, 7) is 9.68. The van der Waals surface area contributed by atoms with E-state index in [2.05, 4.69) is 67.1 Å². The molecule has 31 heavy (non-hydrogen) atoms. The lowest BCUT2D eigenvalue weighted by Gasteiger charge is -2.30. The van der Waals surface area contributed by atoms with E-state index in [4.69, 9.17) is 4.74 Å². The van der Waals surface area contributed by atoms with Crippen LogP contribution in [-0.2, 0) is 11.2 Å². The fourth-order valence-corrected chi connectivity index (χ4v) is 5.99. The van der Waals surface area contributed by atoms with Crippen molar-refractivity contribution in [3.05, 3.63) is 58.6 Å². The minimum Gasteiger partial charge on any atom is -0.378 e. The molecule has 1 saturated heterocycles. The Kier molecular flexibility index (Phi) is 5.19. The molecular formula is C26H28N2O2S. The van der Waals surface area contributed by atoms with E-state index in [0.29, 0.717) is 6.42 Å². The molecule has 0 atom stereocenters. The highest BCUT2D eigenvalue weighted by molar-refractivity contribution is 7.19. The molecule has 0 N–H and O–H groups in total. The Bertz CT molecular complexity index is 1120. The Hall–Kier alpha value is -2.50. The lowest BCUT2D eigenvalue weighted by atomic mass is 9.75. The van der Waals surface area contributed by atoms with Crippen LogP contribution in [0.4, 0.5) is 5.00 Å². The third-order valence-electron chi connectivity index (χ3n) is 6.23. The third-order valence-corrected chi connectivity index (χ3v) is 7.56. The van der Waals surface area contributed by atoms with E-state index in [1.165, 1.54) is 21.7 Å². The van der Waals surface area contributed by atoms with Crippen LogP contribution in [0.25, 0.3) is 22.4 Å². The highest BCUT2D eigenvalue weighted by Gasteiger charge is 2.37. The van der Waals surface area contributed by atoms with Gasteiger partial charge >= 0.3 is 0 Å². The van der Waals surface area contributed by atoms with Crippen LogP contribution in [0, 0.1) is 12.3 Å². The predicted octanol–water partition coefficient (Wildman–Crippen LogP) is 5.78. The summed E-state index contributed by atoms with van der Waals surface area (Å²) < 4.78 is 5.60. The molecule has 1 fully saturated rings. The van der Waals surface area contributed by atoms with Gasteiger partial charge in [0.15, 0.2) is 5.78 Å². The van der Waals surface area contributed by atoms with Gasteiger partial charge in [0.25, 0.3) is 0 Å². The maximum Gasteiger partial charge on any atom is 0.173 e. The number of nitrogens with zero attached hydrogens (tertiary/aromatic N) is 2. The first-order chi connectivity index (χ1) is 14.9. The molecule has 2 aliphatic rings. The number of aryl methyl sites for hydroxylation is 1. The Balaban J connectivity index is 1.66. The van der Waals surface area contributed by atoms with Crippen molar-refractivity contribution in [2.24, 2.45) is 5.41 Å². The van der Waals surface area contributed by atoms with Crippen LogP contribution in [0.3, 0.4) is 0 Å². The molecular weight excluding hydrogens is 404 g/mol. The van der Waals surface area contributed by atoms with E-state index in [0.717, 1.165) is 54.4 Å². The first-order valence-corrected chi connectivity index (χ1v) is 11.8. The van der Waals surface area contributed by atoms with Gasteiger partial charge in [-0.15, -0.1) is 11.3 Å². The number of ketones is 1. The number of fused-ring (bicyclic) bond motifs is 1. The van der Waals surface area contributed by atoms with E-state index in [1.54, 1.807) is 11.3 Å². The quantitative estimate of drug-likeness (QED) is 0.526. The van der Waals surface area contributed by atoms with Crippen molar-refractivity contribution in [1.29, 1.82) is 0 Å². The van der Waals surface area contributed by atoms with Gasteiger partial charge in [0.05, 0.1) is 28.8 Å². The molecule has 4 nitrogen and oxygen atoms in total. The fraction of sp³-hybridized carbons (Fsp3) is 0.385. The smallest absolute Gasteiger partial charge is 0.173 e. The van der Waals surface area contributed by atoms with Gasteiger partial charge < -0.3 is 9.64 Å². The van der Waals surface area contributed by atoms with E-state index < -0.39 is 0 Å². The number of thiophene rings is 1. The van der Waals surface area contributed by atoms with Crippen molar-refractivity contribution in [3.8, 4) is 22.4 Å². The first-order valence-electron chi connectivity index (χ1n) is 11.0. The van der Waals surface area contributed by atoms with E-state index in [1.807, 2.05) is 6.20 Å². The normalized spacial score (nSPS) is 18.2. The summed E-state index contributed by atoms with van der Waals surface area (Å²) in [4.78, 5) is 21.1. The van der Waals surface area contributed by atoms with E-state index >= 15 is 0 Å². The highest BCUT2D eigenvalue weighted by atomic mass is 32.1. The average molecular weight is 433 g/mol. The summed E-state index contributed by atoms with van der Waals surface area (Å²) in [6, 6.07) is 12.8. The lowest BCUT2D eigenvalue weighted by molar-refractivity contribution is 0.0918. The molecule has 0 radical (unpaired) electrons. The number of Topliss-reactive ketones (excluding diaryl/α,β-unsaturated/α-hetero) is 1. The second-order valence-electron chi connectivity index (χ2n) is 9.43. The van der Waals surface area contributed by atoms with Crippen LogP contribution < -0.4 is 4.90 Å². The van der Waals surface area contributed by atoms with Gasteiger partial charge in [0, 0.05) is 36.8 Å². The van der Waals surface area contributed by atoms with Crippen LogP contribution in [0.5, 0.6) is 0 Å². The summed E-state index contributed by atoms with van der Waals surface area (Å²) in [6.07, 6.45) is 3.44. The maximum absolute atomic E-state index is 13.1. The monoisotopic (exact) mass is 432 g/mol. The summed E-state index contributed by atoms with van der Waals surface area (Å²) >= 11 is 1.68. The maximum atomic E-state index is 13.1. The number of pyridine rings is 1. The highest BCUT2D eigenvalue weighted by Crippen LogP contribution is 2.49.